The molecular formula is C24H20ClN3O5S. The second-order valence-electron chi connectivity index (χ2n) is 7.03. The van der Waals surface area contributed by atoms with Gasteiger partial charge in [0.2, 0.25) is 0 Å². The number of ether oxygens (including phenoxy) is 2. The topological polar surface area (TPSA) is 99.5 Å². The lowest BCUT2D eigenvalue weighted by atomic mass is 10.2. The Morgan fingerprint density at radius 3 is 2.41 bits per heavy atom. The molecule has 8 nitrogen and oxygen atoms in total. The van der Waals surface area contributed by atoms with E-state index in [9.17, 15) is 14.4 Å². The summed E-state index contributed by atoms with van der Waals surface area (Å²) in [5.74, 6) is -0.423. The van der Waals surface area contributed by atoms with Crippen molar-refractivity contribution in [2.75, 3.05) is 18.5 Å². The van der Waals surface area contributed by atoms with Gasteiger partial charge in [0.15, 0.2) is 5.69 Å². The van der Waals surface area contributed by atoms with Gasteiger partial charge in [-0.1, -0.05) is 11.6 Å². The number of amides is 1. The number of hydrogen-bond donors (Lipinski definition) is 1. The minimum Gasteiger partial charge on any atom is -0.494 e. The number of benzene rings is 2. The first-order valence-corrected chi connectivity index (χ1v) is 11.7. The van der Waals surface area contributed by atoms with Gasteiger partial charge in [0.25, 0.3) is 11.5 Å². The van der Waals surface area contributed by atoms with E-state index in [1.165, 1.54) is 0 Å². The molecule has 0 saturated carbocycles. The zero-order valence-corrected chi connectivity index (χ0v) is 19.9. The van der Waals surface area contributed by atoms with Crippen LogP contribution in [0.1, 0.15) is 34.7 Å². The van der Waals surface area contributed by atoms with E-state index in [0.717, 1.165) is 16.0 Å². The Morgan fingerprint density at radius 1 is 1.06 bits per heavy atom. The molecule has 4 aromatic rings. The standard InChI is InChI=1S/C24H20ClN3O5S/c1-3-32-17-11-5-14(6-12-17)21(29)26-22-19-18(13-34-22)20(24(31)33-4-2)27-28(23(19)30)16-9-7-15(25)8-10-16/h5-13H,3-4H2,1-2H3,(H,26,29). The van der Waals surface area contributed by atoms with E-state index in [0.29, 0.717) is 39.0 Å². The van der Waals surface area contributed by atoms with Crippen LogP contribution >= 0.6 is 22.9 Å². The predicted molar refractivity (Wildman–Crippen MR) is 132 cm³/mol. The molecule has 34 heavy (non-hydrogen) atoms. The molecule has 2 aromatic heterocycles. The highest BCUT2D eigenvalue weighted by molar-refractivity contribution is 7.16. The maximum Gasteiger partial charge on any atom is 0.359 e. The molecule has 0 bridgehead atoms. The summed E-state index contributed by atoms with van der Waals surface area (Å²) < 4.78 is 11.7. The fraction of sp³-hybridized carbons (Fsp3) is 0.167. The second-order valence-corrected chi connectivity index (χ2v) is 8.34. The van der Waals surface area contributed by atoms with Crippen LogP contribution in [-0.2, 0) is 4.74 Å². The summed E-state index contributed by atoms with van der Waals surface area (Å²) in [7, 11) is 0. The van der Waals surface area contributed by atoms with Crippen molar-refractivity contribution < 1.29 is 19.1 Å². The number of aromatic nitrogens is 2. The van der Waals surface area contributed by atoms with Gasteiger partial charge in [-0.15, -0.1) is 11.3 Å². The molecule has 174 valence electrons. The molecule has 0 aliphatic carbocycles. The molecule has 0 aliphatic heterocycles. The normalized spacial score (nSPS) is 10.8. The van der Waals surface area contributed by atoms with Gasteiger partial charge in [0.05, 0.1) is 24.3 Å². The van der Waals surface area contributed by atoms with Gasteiger partial charge in [-0.25, -0.2) is 4.79 Å². The highest BCUT2D eigenvalue weighted by Gasteiger charge is 2.23. The number of nitrogens with one attached hydrogen (secondary N) is 1. The molecule has 2 heterocycles. The lowest BCUT2D eigenvalue weighted by molar-refractivity contribution is 0.0520. The monoisotopic (exact) mass is 497 g/mol. The lowest BCUT2D eigenvalue weighted by Gasteiger charge is -2.10. The first-order valence-electron chi connectivity index (χ1n) is 10.4. The van der Waals surface area contributed by atoms with Crippen molar-refractivity contribution in [2.45, 2.75) is 13.8 Å². The molecular weight excluding hydrogens is 478 g/mol. The van der Waals surface area contributed by atoms with Crippen molar-refractivity contribution in [3.05, 3.63) is 80.5 Å². The van der Waals surface area contributed by atoms with E-state index in [4.69, 9.17) is 21.1 Å². The maximum atomic E-state index is 13.4. The quantitative estimate of drug-likeness (QED) is 0.363. The largest absolute Gasteiger partial charge is 0.494 e. The zero-order valence-electron chi connectivity index (χ0n) is 18.3. The first-order chi connectivity index (χ1) is 16.4. The molecule has 1 amide bonds. The van der Waals surface area contributed by atoms with Crippen LogP contribution in [0.25, 0.3) is 16.5 Å². The van der Waals surface area contributed by atoms with Gasteiger partial charge >= 0.3 is 5.97 Å². The molecule has 10 heteroatoms. The molecule has 2 aromatic carbocycles. The minimum absolute atomic E-state index is 0.0239. The summed E-state index contributed by atoms with van der Waals surface area (Å²) in [6.45, 7) is 4.22. The number of esters is 1. The molecule has 0 radical (unpaired) electrons. The molecule has 1 N–H and O–H groups in total. The number of nitrogens with zero attached hydrogens (tertiary/aromatic N) is 2. The number of carbonyl (C=O) groups excluding carboxylic acids is 2. The molecule has 0 unspecified atom stereocenters. The smallest absolute Gasteiger partial charge is 0.359 e. The molecule has 0 saturated heterocycles. The summed E-state index contributed by atoms with van der Waals surface area (Å²) in [5.41, 5.74) is 0.289. The number of fused-ring (bicyclic) bond motifs is 1. The fourth-order valence-corrected chi connectivity index (χ4v) is 4.35. The highest BCUT2D eigenvalue weighted by Crippen LogP contribution is 2.31. The number of thiophene rings is 1. The summed E-state index contributed by atoms with van der Waals surface area (Å²) in [5, 5.41) is 9.91. The number of rotatable bonds is 7. The number of carbonyl (C=O) groups is 2. The first kappa shape index (κ1) is 23.5. The van der Waals surface area contributed by atoms with E-state index >= 15 is 0 Å². The van der Waals surface area contributed by atoms with E-state index < -0.39 is 17.4 Å². The van der Waals surface area contributed by atoms with Gasteiger partial charge in [-0.3, -0.25) is 9.59 Å². The number of anilines is 1. The van der Waals surface area contributed by atoms with Crippen LogP contribution in [0, 0.1) is 0 Å². The zero-order chi connectivity index (χ0) is 24.2. The van der Waals surface area contributed by atoms with Crippen LogP contribution in [0.15, 0.2) is 58.7 Å². The van der Waals surface area contributed by atoms with Crippen molar-refractivity contribution >= 4 is 50.6 Å². The van der Waals surface area contributed by atoms with Gasteiger partial charge in [0.1, 0.15) is 10.8 Å². The second kappa shape index (κ2) is 10.1. The van der Waals surface area contributed by atoms with Crippen LogP contribution in [0.3, 0.4) is 0 Å². The van der Waals surface area contributed by atoms with Crippen molar-refractivity contribution in [1.29, 1.82) is 0 Å². The van der Waals surface area contributed by atoms with Gasteiger partial charge < -0.3 is 14.8 Å². The maximum absolute atomic E-state index is 13.4. The van der Waals surface area contributed by atoms with Crippen molar-refractivity contribution in [1.82, 2.24) is 9.78 Å². The SMILES string of the molecule is CCOC(=O)c1nn(-c2ccc(Cl)cc2)c(=O)c2c(NC(=O)c3ccc(OCC)cc3)scc12. The Bertz CT molecular complexity index is 1410. The Morgan fingerprint density at radius 2 is 1.76 bits per heavy atom. The Balaban J connectivity index is 1.80. The molecule has 0 spiro atoms. The van der Waals surface area contributed by atoms with Crippen molar-refractivity contribution in [2.24, 2.45) is 0 Å². The molecule has 0 fully saturated rings. The van der Waals surface area contributed by atoms with E-state index in [1.807, 2.05) is 6.92 Å². The third kappa shape index (κ3) is 4.66. The van der Waals surface area contributed by atoms with Crippen LogP contribution in [0.4, 0.5) is 5.00 Å². The van der Waals surface area contributed by atoms with Crippen LogP contribution < -0.4 is 15.6 Å². The number of hydrogen-bond acceptors (Lipinski definition) is 7. The average Bonchev–Trinajstić information content (AvgIpc) is 3.25. The van der Waals surface area contributed by atoms with Crippen molar-refractivity contribution in [3.8, 4) is 11.4 Å². The summed E-state index contributed by atoms with van der Waals surface area (Å²) in [4.78, 5) is 38.9. The van der Waals surface area contributed by atoms with E-state index in [1.54, 1.807) is 60.8 Å². The third-order valence-corrected chi connectivity index (χ3v) is 5.99. The lowest BCUT2D eigenvalue weighted by Crippen LogP contribution is -2.25. The summed E-state index contributed by atoms with van der Waals surface area (Å²) in [6, 6.07) is 13.1. The van der Waals surface area contributed by atoms with Gasteiger partial charge in [-0.05, 0) is 62.4 Å². The average molecular weight is 498 g/mol. The van der Waals surface area contributed by atoms with Crippen molar-refractivity contribution in [3.63, 3.8) is 0 Å². The van der Waals surface area contributed by atoms with Crippen LogP contribution in [0.5, 0.6) is 5.75 Å². The van der Waals surface area contributed by atoms with Gasteiger partial charge in [-0.2, -0.15) is 9.78 Å². The van der Waals surface area contributed by atoms with E-state index in [-0.39, 0.29) is 17.7 Å². The number of halogens is 1. The van der Waals surface area contributed by atoms with E-state index in [2.05, 4.69) is 10.4 Å². The molecule has 4 rings (SSSR count). The Hall–Kier alpha value is -3.69. The van der Waals surface area contributed by atoms with Crippen LogP contribution in [0.2, 0.25) is 5.02 Å². The minimum atomic E-state index is -0.669. The molecule has 0 atom stereocenters. The fourth-order valence-electron chi connectivity index (χ4n) is 3.29. The summed E-state index contributed by atoms with van der Waals surface area (Å²) >= 11 is 7.10. The van der Waals surface area contributed by atoms with Gasteiger partial charge in [0, 0.05) is 21.4 Å². The predicted octanol–water partition coefficient (Wildman–Crippen LogP) is 4.93. The van der Waals surface area contributed by atoms with Crippen LogP contribution in [-0.4, -0.2) is 34.9 Å². The molecule has 0 aliphatic rings. The Kier molecular flexibility index (Phi) is 6.95. The third-order valence-electron chi connectivity index (χ3n) is 4.85. The highest BCUT2D eigenvalue weighted by atomic mass is 35.5. The summed E-state index contributed by atoms with van der Waals surface area (Å²) in [6.07, 6.45) is 0. The Labute approximate surface area is 203 Å².